The summed E-state index contributed by atoms with van der Waals surface area (Å²) in [6.07, 6.45) is 16.2. The zero-order valence-electron chi connectivity index (χ0n) is 85.3. The summed E-state index contributed by atoms with van der Waals surface area (Å²) in [5.74, 6) is -9.08. The van der Waals surface area contributed by atoms with Gasteiger partial charge in [-0.05, 0) is 112 Å². The number of likely N-dealkylation sites (tertiary alicyclic amines) is 1. The summed E-state index contributed by atoms with van der Waals surface area (Å²) >= 11 is 1.55. The van der Waals surface area contributed by atoms with E-state index in [-0.39, 0.29) is 126 Å². The maximum Gasteiger partial charge on any atom is 0.410 e. The second-order valence-corrected chi connectivity index (χ2v) is 38.9. The van der Waals surface area contributed by atoms with Gasteiger partial charge in [0.2, 0.25) is 94.5 Å². The SMILES string of the molecule is [CH2-]CCCCCCCCCCCCCSC1CC(=O)N(CCCCCC(=O)N[C@H](C(=O)N[C@@H](CCCCNC(=O)CN(C)C(=O)CN(C)C(=O)CN(C)C(=O)CN(C)C(=O)CN(C)C(=O)CN(C)C(=O)CN(C)C(=O)CN(C)C(=O)CN(C)C(=O)CN(C)C(C)=O)C(=O)Nc2ccc(COC(=O)N(CCc3c4c(nc5ccccc35)-c3cc5c(c(=O)n3C4)COC(=O)[C@]5(O)CC)C(C)C)cc2)C(C)C)C1=O.[No]. The van der Waals surface area contributed by atoms with Crippen molar-refractivity contribution in [1.29, 1.82) is 0 Å². The van der Waals surface area contributed by atoms with Crippen LogP contribution >= 0.6 is 11.8 Å². The molecular weight excluding hydrogens is 2100 g/mol. The molecule has 2 aromatic carbocycles. The molecule has 42 heteroatoms. The Kier molecular flexibility index (Phi) is 47.0. The number of nitrogens with one attached hydrogen (secondary N) is 4. The van der Waals surface area contributed by atoms with Crippen molar-refractivity contribution in [3.05, 3.63) is 99.7 Å². The topological polar surface area (TPSA) is 468 Å². The molecule has 0 radical (unpaired) electrons. The first-order chi connectivity index (χ1) is 66.8. The molecule has 1 fully saturated rings. The number of pyridine rings is 2. The molecular formula is C100H147N18NoO22S-. The minimum atomic E-state index is -2.01. The van der Waals surface area contributed by atoms with E-state index >= 15 is 0 Å². The number of unbranched alkanes of at least 4 members (excludes halogenated alkanes) is 14. The third-order valence-electron chi connectivity index (χ3n) is 25.7. The maximum absolute atomic E-state index is 14.5. The first kappa shape index (κ1) is 117. The third-order valence-corrected chi connectivity index (χ3v) is 27.0. The van der Waals surface area contributed by atoms with Gasteiger partial charge >= 0.3 is 12.1 Å². The van der Waals surface area contributed by atoms with E-state index in [4.69, 9.17) is 14.5 Å². The van der Waals surface area contributed by atoms with Crippen LogP contribution in [0.15, 0.2) is 59.4 Å². The van der Waals surface area contributed by atoms with Crippen molar-refractivity contribution in [3.63, 3.8) is 0 Å². The van der Waals surface area contributed by atoms with Crippen LogP contribution in [0.3, 0.4) is 0 Å². The van der Waals surface area contributed by atoms with Crippen LogP contribution in [-0.4, -0.2) is 365 Å². The number of benzene rings is 2. The number of rotatable bonds is 58. The van der Waals surface area contributed by atoms with Gasteiger partial charge in [0.15, 0.2) is 5.60 Å². The minimum absolute atomic E-state index is 0. The number of cyclic esters (lactones) is 1. The quantitative estimate of drug-likeness (QED) is 0.0147. The number of nitrogens with zero attached hydrogens (tertiary/aromatic N) is 14. The van der Waals surface area contributed by atoms with Crippen molar-refractivity contribution in [2.75, 3.05) is 167 Å². The molecule has 3 aliphatic rings. The molecule has 1 unspecified atom stereocenters. The molecule has 5 N–H and O–H groups in total. The predicted octanol–water partition coefficient (Wildman–Crippen LogP) is 5.06. The number of esters is 1. The standard InChI is InChI=1S/C100H147N18O22S.No/c1-18-20-21-22-23-24-25-26-27-28-29-37-50-141-79-52-82(122)117(97(79)135)48-36-30-31-41-80(120)105-92(66(3)4)95(133)104-77(94(132)102-70-44-42-69(43-45-70)64-140-99(137)116(67(5)6)49-46-71-72-38-32-33-39-76(72)103-93-73(71)53-118-78(93)51-75-74(96(118)134)65-139-98(136)100(75,138)19-2)40-34-35-47-101-81(121)54-107(9)84(124)56-109(11)86(126)58-111(13)88(128)60-113(15)90(130)62-115(17)91(131)63-114(16)89(129)61-112(14)87(127)59-110(12)85(125)57-108(10)83(123)55-106(8)68(7)119;/h32-33,38-39,42-45,51,66-67,77,79,92,138H,1,18-31,34-37,40-41,46-50,52-65H2,2-17H3,(H,101,121)(H,102,132)(H,104,133)(H,105,120);/q-1;/t77-,79?,92-,100-;/m0./s1. The monoisotopic (exact) mass is 2240 g/mol. The van der Waals surface area contributed by atoms with Gasteiger partial charge in [0, 0.05) is 138 Å². The fourth-order valence-corrected chi connectivity index (χ4v) is 17.5. The Bertz CT molecular complexity index is 5180. The summed E-state index contributed by atoms with van der Waals surface area (Å²) in [7, 11) is 13.4. The summed E-state index contributed by atoms with van der Waals surface area (Å²) in [5, 5.41) is 23.3. The van der Waals surface area contributed by atoms with E-state index in [1.165, 1.54) is 139 Å². The smallest absolute Gasteiger partial charge is 0.410 e. The van der Waals surface area contributed by atoms with Gasteiger partial charge in [-0.1, -0.05) is 122 Å². The van der Waals surface area contributed by atoms with Crippen molar-refractivity contribution < 1.29 is 101 Å². The van der Waals surface area contributed by atoms with Crippen LogP contribution in [0.1, 0.15) is 204 Å². The fraction of sp³-hybridized carbons (Fsp3) is 0.610. The van der Waals surface area contributed by atoms with Crippen LogP contribution in [-0.2, 0) is 123 Å². The average Bonchev–Trinajstić information content (AvgIpc) is 1.55. The summed E-state index contributed by atoms with van der Waals surface area (Å²) in [6.45, 7) is 9.77. The third kappa shape index (κ3) is 34.5. The van der Waals surface area contributed by atoms with Crippen molar-refractivity contribution >= 4 is 135 Å². The Morgan fingerprint density at radius 1 is 0.570 bits per heavy atom. The number of carbonyl (C=O) groups excluding carboxylic acids is 18. The summed E-state index contributed by atoms with van der Waals surface area (Å²) in [4.78, 5) is 271. The number of amides is 17. The number of aliphatic hydroxyl groups is 1. The van der Waals surface area contributed by atoms with Gasteiger partial charge in [0.25, 0.3) is 5.56 Å². The molecule has 142 heavy (non-hydrogen) atoms. The molecule has 0 bridgehead atoms. The second-order valence-electron chi connectivity index (χ2n) is 37.6. The number of fused-ring (bicyclic) bond motifs is 5. The van der Waals surface area contributed by atoms with Gasteiger partial charge in [-0.3, -0.25) is 86.4 Å². The van der Waals surface area contributed by atoms with Crippen LogP contribution in [0.5, 0.6) is 0 Å². The molecule has 790 valence electrons. The predicted molar refractivity (Wildman–Crippen MR) is 530 cm³/mol. The number of carbonyl (C=O) groups is 18. The zero-order chi connectivity index (χ0) is 104. The van der Waals surface area contributed by atoms with E-state index in [0.29, 0.717) is 53.8 Å². The summed E-state index contributed by atoms with van der Waals surface area (Å²) in [5.41, 5.74) is 2.11. The minimum Gasteiger partial charge on any atom is -0.458 e. The number of anilines is 1. The van der Waals surface area contributed by atoms with Gasteiger partial charge in [0.05, 0.1) is 99.7 Å². The van der Waals surface area contributed by atoms with Crippen LogP contribution in [0.2, 0.25) is 0 Å². The first-order valence-electron chi connectivity index (χ1n) is 48.7. The second kappa shape index (κ2) is 56.9. The Morgan fingerprint density at radius 3 is 1.54 bits per heavy atom. The van der Waals surface area contributed by atoms with Gasteiger partial charge in [-0.25, -0.2) is 14.6 Å². The zero-order valence-corrected chi connectivity index (χ0v) is 88.4. The normalized spacial score (nSPS) is 14.3. The summed E-state index contributed by atoms with van der Waals surface area (Å²) < 4.78 is 12.8. The number of ether oxygens (including phenoxy) is 2. The van der Waals surface area contributed by atoms with E-state index in [1.807, 2.05) is 38.1 Å². The molecule has 17 amide bonds. The van der Waals surface area contributed by atoms with Crippen LogP contribution < -0.4 is 26.8 Å². The molecule has 4 aromatic rings. The Morgan fingerprint density at radius 2 is 1.05 bits per heavy atom. The Balaban J connectivity index is 0.0000309. The van der Waals surface area contributed by atoms with E-state index in [2.05, 4.69) is 28.2 Å². The van der Waals surface area contributed by atoms with Crippen molar-refractivity contribution in [3.8, 4) is 11.4 Å². The molecule has 5 heterocycles. The number of aromatic nitrogens is 2. The first-order valence-corrected chi connectivity index (χ1v) is 49.8. The number of likely N-dealkylation sites (N-methyl/N-ethyl adjacent to an activating group) is 10. The summed E-state index contributed by atoms with van der Waals surface area (Å²) in [6, 6.07) is 13.1. The number of thioether (sulfide) groups is 1. The van der Waals surface area contributed by atoms with Gasteiger partial charge in [-0.15, -0.1) is 11.8 Å². The Labute approximate surface area is 831 Å². The van der Waals surface area contributed by atoms with E-state index in [0.717, 1.165) is 92.0 Å². The van der Waals surface area contributed by atoms with E-state index < -0.39 is 176 Å². The maximum atomic E-state index is 14.5. The molecule has 40 nitrogen and oxygen atoms in total. The molecule has 2 aromatic heterocycles. The van der Waals surface area contributed by atoms with Crippen molar-refractivity contribution in [2.24, 2.45) is 5.92 Å². The Hall–Kier alpha value is -13.4. The molecule has 4 atom stereocenters. The van der Waals surface area contributed by atoms with Gasteiger partial charge < -0.3 is 101 Å². The molecule has 0 spiro atoms. The van der Waals surface area contributed by atoms with Crippen molar-refractivity contribution in [1.82, 2.24) is 84.3 Å². The molecule has 0 saturated carbocycles. The molecule has 1 saturated heterocycles. The molecule has 0 aliphatic carbocycles. The van der Waals surface area contributed by atoms with E-state index in [1.54, 1.807) is 72.3 Å². The van der Waals surface area contributed by atoms with Gasteiger partial charge in [-0.2, -0.15) is 6.42 Å². The molecule has 7 rings (SSSR count). The largest absolute Gasteiger partial charge is 0.458 e. The number of imide groups is 1. The fourth-order valence-electron chi connectivity index (χ4n) is 16.3. The van der Waals surface area contributed by atoms with Crippen LogP contribution in [0.4, 0.5) is 10.5 Å². The number of para-hydroxylation sites is 1. The number of hydrogen-bond donors (Lipinski definition) is 5. The van der Waals surface area contributed by atoms with Crippen LogP contribution in [0, 0.1) is 12.8 Å². The van der Waals surface area contributed by atoms with Crippen molar-refractivity contribution in [2.45, 2.75) is 232 Å². The van der Waals surface area contributed by atoms with E-state index in [9.17, 15) is 96.2 Å². The van der Waals surface area contributed by atoms with Gasteiger partial charge in [0.1, 0.15) is 25.3 Å². The molecule has 3 aliphatic heterocycles. The average molecular weight is 2240 g/mol. The van der Waals surface area contributed by atoms with Crippen LogP contribution in [0.25, 0.3) is 22.3 Å². The number of hydrogen-bond acceptors (Lipinski definition) is 24.